The molecule has 2 amide bonds. The summed E-state index contributed by atoms with van der Waals surface area (Å²) in [4.78, 5) is 38.1. The number of amides is 2. The molecule has 1 atom stereocenters. The minimum Gasteiger partial charge on any atom is -0.478 e. The molecule has 35 heavy (non-hydrogen) atoms. The SMILES string of the molecule is CC(C)C(CNC(=O)OCC1c2ccccc2-c2ccccc21)CC(=O)N1CC=C(C(=O)O)CC1. The molecular formula is C28H32N2O5. The summed E-state index contributed by atoms with van der Waals surface area (Å²) in [6.45, 7) is 5.35. The van der Waals surface area contributed by atoms with Crippen molar-refractivity contribution in [3.05, 3.63) is 71.3 Å². The average Bonchev–Trinajstić information content (AvgIpc) is 3.18. The highest BCUT2D eigenvalue weighted by atomic mass is 16.5. The summed E-state index contributed by atoms with van der Waals surface area (Å²) >= 11 is 0. The van der Waals surface area contributed by atoms with Gasteiger partial charge < -0.3 is 20.1 Å². The maximum atomic E-state index is 12.8. The lowest BCUT2D eigenvalue weighted by molar-refractivity contribution is -0.135. The van der Waals surface area contributed by atoms with E-state index >= 15 is 0 Å². The van der Waals surface area contributed by atoms with E-state index in [0.29, 0.717) is 31.6 Å². The minimum atomic E-state index is -0.926. The summed E-state index contributed by atoms with van der Waals surface area (Å²) in [5.74, 6) is -0.822. The Morgan fingerprint density at radius 2 is 1.69 bits per heavy atom. The van der Waals surface area contributed by atoms with Crippen molar-refractivity contribution in [3.63, 3.8) is 0 Å². The Hall–Kier alpha value is -3.61. The molecule has 0 saturated heterocycles. The van der Waals surface area contributed by atoms with E-state index in [1.165, 1.54) is 11.1 Å². The van der Waals surface area contributed by atoms with Gasteiger partial charge >= 0.3 is 12.1 Å². The third-order valence-electron chi connectivity index (χ3n) is 7.07. The number of carboxylic acids is 1. The largest absolute Gasteiger partial charge is 0.478 e. The number of fused-ring (bicyclic) bond motifs is 3. The van der Waals surface area contributed by atoms with Gasteiger partial charge in [-0.15, -0.1) is 0 Å². The van der Waals surface area contributed by atoms with E-state index in [1.807, 2.05) is 38.1 Å². The van der Waals surface area contributed by atoms with Gasteiger partial charge in [0.05, 0.1) is 0 Å². The van der Waals surface area contributed by atoms with Crippen LogP contribution in [0.1, 0.15) is 43.7 Å². The Bertz CT molecular complexity index is 1090. The van der Waals surface area contributed by atoms with Crippen molar-refractivity contribution < 1.29 is 24.2 Å². The van der Waals surface area contributed by atoms with E-state index < -0.39 is 12.1 Å². The second-order valence-corrected chi connectivity index (χ2v) is 9.54. The number of nitrogens with one attached hydrogen (secondary N) is 1. The van der Waals surface area contributed by atoms with Gasteiger partial charge in [0, 0.05) is 37.5 Å². The molecule has 184 valence electrons. The van der Waals surface area contributed by atoms with Crippen molar-refractivity contribution in [1.29, 1.82) is 0 Å². The molecule has 2 aromatic carbocycles. The first kappa shape index (κ1) is 24.5. The molecule has 7 nitrogen and oxygen atoms in total. The number of rotatable bonds is 8. The molecule has 2 aliphatic rings. The zero-order valence-electron chi connectivity index (χ0n) is 20.2. The fourth-order valence-corrected chi connectivity index (χ4v) is 4.85. The van der Waals surface area contributed by atoms with Crippen LogP contribution in [0.4, 0.5) is 4.79 Å². The highest BCUT2D eigenvalue weighted by Crippen LogP contribution is 2.44. The van der Waals surface area contributed by atoms with Crippen LogP contribution in [-0.2, 0) is 14.3 Å². The quantitative estimate of drug-likeness (QED) is 0.588. The Balaban J connectivity index is 1.30. The highest BCUT2D eigenvalue weighted by Gasteiger charge is 2.29. The normalized spacial score (nSPS) is 15.7. The molecule has 1 unspecified atom stereocenters. The van der Waals surface area contributed by atoms with Gasteiger partial charge in [-0.3, -0.25) is 4.79 Å². The van der Waals surface area contributed by atoms with Crippen molar-refractivity contribution in [2.75, 3.05) is 26.2 Å². The molecule has 0 saturated carbocycles. The van der Waals surface area contributed by atoms with E-state index in [4.69, 9.17) is 9.84 Å². The zero-order valence-corrected chi connectivity index (χ0v) is 20.2. The number of ether oxygens (including phenoxy) is 1. The van der Waals surface area contributed by atoms with Crippen LogP contribution in [0, 0.1) is 11.8 Å². The molecule has 0 spiro atoms. The molecule has 1 aliphatic carbocycles. The van der Waals surface area contributed by atoms with Crippen molar-refractivity contribution >= 4 is 18.0 Å². The Morgan fingerprint density at radius 1 is 1.06 bits per heavy atom. The molecule has 1 aliphatic heterocycles. The lowest BCUT2D eigenvalue weighted by Crippen LogP contribution is -2.39. The molecule has 0 radical (unpaired) electrons. The van der Waals surface area contributed by atoms with Gasteiger partial charge in [0.2, 0.25) is 5.91 Å². The van der Waals surface area contributed by atoms with E-state index in [2.05, 4.69) is 29.6 Å². The Labute approximate surface area is 205 Å². The number of aliphatic carboxylic acids is 1. The van der Waals surface area contributed by atoms with Crippen LogP contribution in [0.15, 0.2) is 60.2 Å². The molecule has 0 bridgehead atoms. The standard InChI is InChI=1S/C28H32N2O5/c1-18(2)20(15-26(31)30-13-11-19(12-14-30)27(32)33)16-29-28(34)35-17-25-23-9-5-3-7-21(23)22-8-4-6-10-24(22)25/h3-11,18,20,25H,12-17H2,1-2H3,(H,29,34)(H,32,33). The topological polar surface area (TPSA) is 95.9 Å². The molecular weight excluding hydrogens is 444 g/mol. The van der Waals surface area contributed by atoms with Crippen LogP contribution >= 0.6 is 0 Å². The number of hydrogen-bond acceptors (Lipinski definition) is 4. The van der Waals surface area contributed by atoms with E-state index in [0.717, 1.165) is 11.1 Å². The first-order valence-corrected chi connectivity index (χ1v) is 12.1. The number of carboxylic acid groups (broad SMARTS) is 1. The molecule has 7 heteroatoms. The zero-order chi connectivity index (χ0) is 24.9. The van der Waals surface area contributed by atoms with Crippen LogP contribution in [0.5, 0.6) is 0 Å². The van der Waals surface area contributed by atoms with Gasteiger partial charge in [-0.1, -0.05) is 68.5 Å². The Morgan fingerprint density at radius 3 is 2.23 bits per heavy atom. The van der Waals surface area contributed by atoms with E-state index in [-0.39, 0.29) is 36.7 Å². The fourth-order valence-electron chi connectivity index (χ4n) is 4.85. The minimum absolute atomic E-state index is 0.00141. The predicted octanol–water partition coefficient (Wildman–Crippen LogP) is 4.43. The smallest absolute Gasteiger partial charge is 0.407 e. The third kappa shape index (κ3) is 5.56. The van der Waals surface area contributed by atoms with Crippen molar-refractivity contribution in [3.8, 4) is 11.1 Å². The molecule has 4 rings (SSSR count). The van der Waals surface area contributed by atoms with E-state index in [1.54, 1.807) is 11.0 Å². The highest BCUT2D eigenvalue weighted by molar-refractivity contribution is 5.87. The van der Waals surface area contributed by atoms with Crippen LogP contribution in [0.2, 0.25) is 0 Å². The fraction of sp³-hybridized carbons (Fsp3) is 0.393. The van der Waals surface area contributed by atoms with Gasteiger partial charge in [-0.25, -0.2) is 9.59 Å². The number of nitrogens with zero attached hydrogens (tertiary/aromatic N) is 1. The summed E-state index contributed by atoms with van der Waals surface area (Å²) in [6.07, 6.45) is 1.75. The third-order valence-corrected chi connectivity index (χ3v) is 7.07. The summed E-state index contributed by atoms with van der Waals surface area (Å²) in [5.41, 5.74) is 5.03. The van der Waals surface area contributed by atoms with Gasteiger partial charge in [-0.05, 0) is 40.5 Å². The lowest BCUT2D eigenvalue weighted by atomic mass is 9.91. The maximum Gasteiger partial charge on any atom is 0.407 e. The van der Waals surface area contributed by atoms with Gasteiger partial charge in [0.1, 0.15) is 6.61 Å². The van der Waals surface area contributed by atoms with Crippen molar-refractivity contribution in [2.24, 2.45) is 11.8 Å². The number of benzene rings is 2. The average molecular weight is 477 g/mol. The summed E-state index contributed by atoms with van der Waals surface area (Å²) in [5, 5.41) is 11.9. The monoisotopic (exact) mass is 476 g/mol. The van der Waals surface area contributed by atoms with E-state index in [9.17, 15) is 14.4 Å². The van der Waals surface area contributed by atoms with Crippen molar-refractivity contribution in [1.82, 2.24) is 10.2 Å². The first-order valence-electron chi connectivity index (χ1n) is 12.1. The summed E-state index contributed by atoms with van der Waals surface area (Å²) in [6, 6.07) is 16.4. The summed E-state index contributed by atoms with van der Waals surface area (Å²) in [7, 11) is 0. The lowest BCUT2D eigenvalue weighted by Gasteiger charge is -2.28. The molecule has 2 N–H and O–H groups in total. The molecule has 2 aromatic rings. The number of hydrogen-bond donors (Lipinski definition) is 2. The maximum absolute atomic E-state index is 12.8. The van der Waals surface area contributed by atoms with Crippen LogP contribution in [-0.4, -0.2) is 54.2 Å². The molecule has 0 fully saturated rings. The van der Waals surface area contributed by atoms with Gasteiger partial charge in [0.25, 0.3) is 0 Å². The number of carbonyl (C=O) groups is 3. The predicted molar refractivity (Wildman–Crippen MR) is 133 cm³/mol. The van der Waals surface area contributed by atoms with Crippen LogP contribution in [0.25, 0.3) is 11.1 Å². The molecule has 1 heterocycles. The first-order chi connectivity index (χ1) is 16.8. The van der Waals surface area contributed by atoms with Crippen LogP contribution < -0.4 is 5.32 Å². The van der Waals surface area contributed by atoms with Gasteiger partial charge in [-0.2, -0.15) is 0 Å². The second-order valence-electron chi connectivity index (χ2n) is 9.54. The van der Waals surface area contributed by atoms with Gasteiger partial charge in [0.15, 0.2) is 0 Å². The Kier molecular flexibility index (Phi) is 7.54. The number of alkyl carbamates (subject to hydrolysis) is 1. The van der Waals surface area contributed by atoms with Crippen LogP contribution in [0.3, 0.4) is 0 Å². The summed E-state index contributed by atoms with van der Waals surface area (Å²) < 4.78 is 5.62. The van der Waals surface area contributed by atoms with Crippen molar-refractivity contribution in [2.45, 2.75) is 32.6 Å². The number of carbonyl (C=O) groups excluding carboxylic acids is 2. The molecule has 0 aromatic heterocycles. The second kappa shape index (κ2) is 10.8.